The minimum Gasteiger partial charge on any atom is -0.478 e. The van der Waals surface area contributed by atoms with E-state index in [4.69, 9.17) is 4.74 Å². The van der Waals surface area contributed by atoms with E-state index in [9.17, 15) is 4.79 Å². The number of amides is 1. The molecule has 0 saturated carbocycles. The third-order valence-corrected chi connectivity index (χ3v) is 2.90. The highest BCUT2D eigenvalue weighted by atomic mass is 16.5. The molecule has 0 fully saturated rings. The molecule has 0 aliphatic heterocycles. The van der Waals surface area contributed by atoms with Crippen LogP contribution >= 0.6 is 0 Å². The van der Waals surface area contributed by atoms with E-state index < -0.39 is 5.60 Å². The van der Waals surface area contributed by atoms with Crippen LogP contribution in [0.2, 0.25) is 0 Å². The van der Waals surface area contributed by atoms with Crippen LogP contribution in [0.25, 0.3) is 0 Å². The Kier molecular flexibility index (Phi) is 4.03. The van der Waals surface area contributed by atoms with Crippen LogP contribution in [-0.2, 0) is 4.79 Å². The Labute approximate surface area is 118 Å². The molecule has 0 bridgehead atoms. The van der Waals surface area contributed by atoms with Crippen molar-refractivity contribution in [3.8, 4) is 5.75 Å². The van der Waals surface area contributed by atoms with E-state index in [2.05, 4.69) is 10.3 Å². The lowest BCUT2D eigenvalue weighted by Crippen LogP contribution is -2.42. The molecule has 0 radical (unpaired) electrons. The van der Waals surface area contributed by atoms with Gasteiger partial charge < -0.3 is 10.1 Å². The lowest BCUT2D eigenvalue weighted by molar-refractivity contribution is -0.128. The second-order valence-electron chi connectivity index (χ2n) is 5.05. The lowest BCUT2D eigenvalue weighted by Gasteiger charge is -2.25. The summed E-state index contributed by atoms with van der Waals surface area (Å²) in [5.74, 6) is 0.982. The zero-order valence-corrected chi connectivity index (χ0v) is 11.9. The van der Waals surface area contributed by atoms with Crippen LogP contribution in [0.4, 0.5) is 5.82 Å². The number of carbonyl (C=O) groups excluding carboxylic acids is 1. The maximum Gasteiger partial charge on any atom is 0.269 e. The van der Waals surface area contributed by atoms with Crippen LogP contribution in [0.3, 0.4) is 0 Å². The smallest absolute Gasteiger partial charge is 0.269 e. The number of pyridine rings is 1. The minimum absolute atomic E-state index is 0.233. The van der Waals surface area contributed by atoms with Gasteiger partial charge in [0.2, 0.25) is 0 Å². The molecule has 0 aliphatic rings. The summed E-state index contributed by atoms with van der Waals surface area (Å²) in [6.45, 7) is 5.36. The van der Waals surface area contributed by atoms with E-state index in [-0.39, 0.29) is 5.91 Å². The van der Waals surface area contributed by atoms with Crippen molar-refractivity contribution in [1.82, 2.24) is 4.98 Å². The molecule has 2 rings (SSSR count). The number of aromatic nitrogens is 1. The summed E-state index contributed by atoms with van der Waals surface area (Å²) in [6, 6.07) is 13.0. The molecule has 1 amide bonds. The van der Waals surface area contributed by atoms with Crippen molar-refractivity contribution >= 4 is 11.7 Å². The fourth-order valence-corrected chi connectivity index (χ4v) is 1.70. The van der Waals surface area contributed by atoms with Crippen molar-refractivity contribution in [1.29, 1.82) is 0 Å². The molecular weight excluding hydrogens is 252 g/mol. The Morgan fingerprint density at radius 3 is 2.50 bits per heavy atom. The van der Waals surface area contributed by atoms with Gasteiger partial charge in [0, 0.05) is 6.20 Å². The SMILES string of the molecule is Cc1cccnc1NC(=O)C(C)(C)Oc1ccccc1. The quantitative estimate of drug-likeness (QED) is 0.928. The Morgan fingerprint density at radius 2 is 1.85 bits per heavy atom. The highest BCUT2D eigenvalue weighted by Crippen LogP contribution is 2.20. The van der Waals surface area contributed by atoms with Crippen LogP contribution in [0.5, 0.6) is 5.75 Å². The first-order valence-electron chi connectivity index (χ1n) is 6.46. The molecule has 1 aromatic heterocycles. The van der Waals surface area contributed by atoms with Crippen LogP contribution in [0, 0.1) is 6.92 Å². The predicted molar refractivity (Wildman–Crippen MR) is 78.8 cm³/mol. The van der Waals surface area contributed by atoms with E-state index in [0.29, 0.717) is 11.6 Å². The largest absolute Gasteiger partial charge is 0.478 e. The van der Waals surface area contributed by atoms with Crippen LogP contribution in [0.15, 0.2) is 48.7 Å². The molecule has 4 heteroatoms. The summed E-state index contributed by atoms with van der Waals surface area (Å²) < 4.78 is 5.74. The van der Waals surface area contributed by atoms with Crippen LogP contribution in [-0.4, -0.2) is 16.5 Å². The molecule has 0 saturated heterocycles. The van der Waals surface area contributed by atoms with E-state index in [1.807, 2.05) is 49.4 Å². The van der Waals surface area contributed by atoms with E-state index in [1.165, 1.54) is 0 Å². The van der Waals surface area contributed by atoms with Gasteiger partial charge in [0.15, 0.2) is 5.60 Å². The topological polar surface area (TPSA) is 51.2 Å². The molecular formula is C16H18N2O2. The fraction of sp³-hybridized carbons (Fsp3) is 0.250. The van der Waals surface area contributed by atoms with E-state index in [1.54, 1.807) is 20.0 Å². The number of carbonyl (C=O) groups is 1. The number of para-hydroxylation sites is 1. The molecule has 1 N–H and O–H groups in total. The summed E-state index contributed by atoms with van der Waals surface area (Å²) in [6.07, 6.45) is 1.65. The number of nitrogens with zero attached hydrogens (tertiary/aromatic N) is 1. The molecule has 0 unspecified atom stereocenters. The molecule has 4 nitrogen and oxygen atoms in total. The fourth-order valence-electron chi connectivity index (χ4n) is 1.70. The first-order chi connectivity index (χ1) is 9.49. The molecule has 0 aliphatic carbocycles. The molecule has 104 valence electrons. The normalized spacial score (nSPS) is 10.9. The standard InChI is InChI=1S/C16H18N2O2/c1-12-8-7-11-17-14(12)18-15(19)16(2,3)20-13-9-5-4-6-10-13/h4-11H,1-3H3,(H,17,18,19). The second kappa shape index (κ2) is 5.74. The Morgan fingerprint density at radius 1 is 1.15 bits per heavy atom. The molecule has 0 spiro atoms. The van der Waals surface area contributed by atoms with Gasteiger partial charge in [-0.1, -0.05) is 24.3 Å². The number of anilines is 1. The van der Waals surface area contributed by atoms with Gasteiger partial charge in [-0.05, 0) is 44.5 Å². The van der Waals surface area contributed by atoms with Crippen molar-refractivity contribution in [2.75, 3.05) is 5.32 Å². The summed E-state index contributed by atoms with van der Waals surface area (Å²) >= 11 is 0. The number of ether oxygens (including phenoxy) is 1. The number of benzene rings is 1. The second-order valence-corrected chi connectivity index (χ2v) is 5.05. The van der Waals surface area contributed by atoms with Gasteiger partial charge in [0.05, 0.1) is 0 Å². The van der Waals surface area contributed by atoms with Crippen molar-refractivity contribution in [3.05, 3.63) is 54.2 Å². The summed E-state index contributed by atoms with van der Waals surface area (Å²) in [5, 5.41) is 2.80. The van der Waals surface area contributed by atoms with Crippen molar-refractivity contribution in [2.45, 2.75) is 26.4 Å². The molecule has 20 heavy (non-hydrogen) atoms. The molecule has 2 aromatic rings. The van der Waals surface area contributed by atoms with Crippen molar-refractivity contribution in [2.24, 2.45) is 0 Å². The number of aryl methyl sites for hydroxylation is 1. The molecule has 1 aromatic carbocycles. The van der Waals surface area contributed by atoms with Crippen molar-refractivity contribution in [3.63, 3.8) is 0 Å². The Balaban J connectivity index is 2.10. The van der Waals surface area contributed by atoms with Gasteiger partial charge in [-0.25, -0.2) is 4.98 Å². The van der Waals surface area contributed by atoms with Gasteiger partial charge in [0.25, 0.3) is 5.91 Å². The first kappa shape index (κ1) is 14.1. The van der Waals surface area contributed by atoms with Crippen molar-refractivity contribution < 1.29 is 9.53 Å². The highest BCUT2D eigenvalue weighted by Gasteiger charge is 2.30. The maximum absolute atomic E-state index is 12.3. The van der Waals surface area contributed by atoms with Gasteiger partial charge >= 0.3 is 0 Å². The zero-order valence-electron chi connectivity index (χ0n) is 11.9. The maximum atomic E-state index is 12.3. The Hall–Kier alpha value is -2.36. The average Bonchev–Trinajstić information content (AvgIpc) is 2.42. The zero-order chi connectivity index (χ0) is 14.6. The summed E-state index contributed by atoms with van der Waals surface area (Å²) in [5.41, 5.74) is -0.0675. The number of nitrogens with one attached hydrogen (secondary N) is 1. The minimum atomic E-state index is -0.981. The van der Waals surface area contributed by atoms with Gasteiger partial charge in [0.1, 0.15) is 11.6 Å². The molecule has 0 atom stereocenters. The van der Waals surface area contributed by atoms with E-state index >= 15 is 0 Å². The van der Waals surface area contributed by atoms with Crippen LogP contribution < -0.4 is 10.1 Å². The summed E-state index contributed by atoms with van der Waals surface area (Å²) in [7, 11) is 0. The third-order valence-electron chi connectivity index (χ3n) is 2.90. The van der Waals surface area contributed by atoms with Gasteiger partial charge in [-0.15, -0.1) is 0 Å². The Bertz CT molecular complexity index is 594. The van der Waals surface area contributed by atoms with Crippen LogP contribution in [0.1, 0.15) is 19.4 Å². The first-order valence-corrected chi connectivity index (χ1v) is 6.46. The monoisotopic (exact) mass is 270 g/mol. The number of hydrogen-bond acceptors (Lipinski definition) is 3. The highest BCUT2D eigenvalue weighted by molar-refractivity contribution is 5.96. The lowest BCUT2D eigenvalue weighted by atomic mass is 10.1. The van der Waals surface area contributed by atoms with Gasteiger partial charge in [-0.3, -0.25) is 4.79 Å². The summed E-state index contributed by atoms with van der Waals surface area (Å²) in [4.78, 5) is 16.5. The predicted octanol–water partition coefficient (Wildman–Crippen LogP) is 3.19. The van der Waals surface area contributed by atoms with Gasteiger partial charge in [-0.2, -0.15) is 0 Å². The molecule has 1 heterocycles. The number of hydrogen-bond donors (Lipinski definition) is 1. The average molecular weight is 270 g/mol. The third kappa shape index (κ3) is 3.35. The number of rotatable bonds is 4. The van der Waals surface area contributed by atoms with E-state index in [0.717, 1.165) is 5.56 Å².